The van der Waals surface area contributed by atoms with Gasteiger partial charge in [0, 0.05) is 6.07 Å². The van der Waals surface area contributed by atoms with Crippen LogP contribution in [-0.4, -0.2) is 13.1 Å². The lowest BCUT2D eigenvalue weighted by atomic mass is 9.94. The zero-order chi connectivity index (χ0) is 10.8. The molecule has 4 heteroatoms. The molecule has 0 saturated carbocycles. The van der Waals surface area contributed by atoms with Crippen LogP contribution in [0.5, 0.6) is 0 Å². The first kappa shape index (κ1) is 10.5. The van der Waals surface area contributed by atoms with Crippen LogP contribution < -0.4 is 5.32 Å². The van der Waals surface area contributed by atoms with Crippen LogP contribution in [0.3, 0.4) is 0 Å². The normalized spacial score (nSPS) is 16.5. The molecular formula is C11H12F3N. The average molecular weight is 215 g/mol. The summed E-state index contributed by atoms with van der Waals surface area (Å²) in [6.07, 6.45) is 1.28. The van der Waals surface area contributed by atoms with Crippen molar-refractivity contribution in [1.29, 1.82) is 0 Å². The molecule has 1 heterocycles. The van der Waals surface area contributed by atoms with Crippen molar-refractivity contribution >= 4 is 0 Å². The topological polar surface area (TPSA) is 12.0 Å². The lowest BCUT2D eigenvalue weighted by molar-refractivity contribution is 0.326. The molecule has 0 amide bonds. The summed E-state index contributed by atoms with van der Waals surface area (Å²) in [5.41, 5.74) is 0.265. The standard InChI is InChI=1S/C11H12F3N/c12-9-4-11(14)10(13)3-8(9)2-1-7-5-15-6-7/h3-4,7,15H,1-2,5-6H2. The highest BCUT2D eigenvalue weighted by Crippen LogP contribution is 2.18. The Labute approximate surface area is 86.3 Å². The van der Waals surface area contributed by atoms with Gasteiger partial charge in [0.15, 0.2) is 11.6 Å². The molecule has 1 saturated heterocycles. The number of halogens is 3. The van der Waals surface area contributed by atoms with Gasteiger partial charge in [-0.25, -0.2) is 13.2 Å². The zero-order valence-electron chi connectivity index (χ0n) is 8.19. The summed E-state index contributed by atoms with van der Waals surface area (Å²) in [4.78, 5) is 0. The predicted octanol–water partition coefficient (Wildman–Crippen LogP) is 2.26. The van der Waals surface area contributed by atoms with E-state index in [2.05, 4.69) is 5.32 Å². The van der Waals surface area contributed by atoms with Crippen LogP contribution in [0.25, 0.3) is 0 Å². The molecule has 1 N–H and O–H groups in total. The number of rotatable bonds is 3. The molecule has 0 aromatic heterocycles. The Balaban J connectivity index is 2.03. The largest absolute Gasteiger partial charge is 0.316 e. The molecule has 1 nitrogen and oxygen atoms in total. The van der Waals surface area contributed by atoms with Crippen molar-refractivity contribution in [2.75, 3.05) is 13.1 Å². The number of aryl methyl sites for hydroxylation is 1. The van der Waals surface area contributed by atoms with E-state index in [0.29, 0.717) is 18.4 Å². The Morgan fingerprint density at radius 1 is 1.07 bits per heavy atom. The molecule has 0 bridgehead atoms. The maximum atomic E-state index is 13.2. The third kappa shape index (κ3) is 2.31. The van der Waals surface area contributed by atoms with E-state index in [4.69, 9.17) is 0 Å². The van der Waals surface area contributed by atoms with Gasteiger partial charge in [0.05, 0.1) is 0 Å². The zero-order valence-corrected chi connectivity index (χ0v) is 8.19. The molecular weight excluding hydrogens is 203 g/mol. The maximum absolute atomic E-state index is 13.2. The van der Waals surface area contributed by atoms with E-state index in [1.54, 1.807) is 0 Å². The average Bonchev–Trinajstić information content (AvgIpc) is 2.11. The highest BCUT2D eigenvalue weighted by molar-refractivity contribution is 5.20. The minimum absolute atomic E-state index is 0.265. The first-order chi connectivity index (χ1) is 7.16. The van der Waals surface area contributed by atoms with Crippen molar-refractivity contribution in [3.8, 4) is 0 Å². The van der Waals surface area contributed by atoms with Gasteiger partial charge in [-0.3, -0.25) is 0 Å². The fourth-order valence-electron chi connectivity index (χ4n) is 1.67. The highest BCUT2D eigenvalue weighted by atomic mass is 19.2. The third-order valence-corrected chi connectivity index (χ3v) is 2.78. The van der Waals surface area contributed by atoms with Crippen LogP contribution in [0.15, 0.2) is 12.1 Å². The third-order valence-electron chi connectivity index (χ3n) is 2.78. The van der Waals surface area contributed by atoms with Crippen LogP contribution in [0.4, 0.5) is 13.2 Å². The quantitative estimate of drug-likeness (QED) is 0.762. The minimum Gasteiger partial charge on any atom is -0.316 e. The molecule has 15 heavy (non-hydrogen) atoms. The molecule has 1 aromatic rings. The van der Waals surface area contributed by atoms with Crippen molar-refractivity contribution in [2.45, 2.75) is 12.8 Å². The summed E-state index contributed by atoms with van der Waals surface area (Å²) >= 11 is 0. The molecule has 1 fully saturated rings. The van der Waals surface area contributed by atoms with Crippen molar-refractivity contribution < 1.29 is 13.2 Å². The van der Waals surface area contributed by atoms with E-state index in [1.165, 1.54) is 0 Å². The van der Waals surface area contributed by atoms with Gasteiger partial charge in [0.1, 0.15) is 5.82 Å². The predicted molar refractivity (Wildman–Crippen MR) is 51.0 cm³/mol. The Morgan fingerprint density at radius 2 is 1.73 bits per heavy atom. The van der Waals surface area contributed by atoms with E-state index in [0.717, 1.165) is 25.6 Å². The second-order valence-electron chi connectivity index (χ2n) is 3.92. The number of benzene rings is 1. The van der Waals surface area contributed by atoms with Gasteiger partial charge in [-0.15, -0.1) is 0 Å². The van der Waals surface area contributed by atoms with Crippen LogP contribution >= 0.6 is 0 Å². The van der Waals surface area contributed by atoms with E-state index < -0.39 is 17.5 Å². The Morgan fingerprint density at radius 3 is 2.33 bits per heavy atom. The monoisotopic (exact) mass is 215 g/mol. The van der Waals surface area contributed by atoms with Crippen molar-refractivity contribution in [1.82, 2.24) is 5.32 Å². The van der Waals surface area contributed by atoms with Crippen molar-refractivity contribution in [3.05, 3.63) is 35.1 Å². The Hall–Kier alpha value is -1.03. The Bertz CT molecular complexity index is 361. The summed E-state index contributed by atoms with van der Waals surface area (Å²) in [7, 11) is 0. The van der Waals surface area contributed by atoms with Crippen molar-refractivity contribution in [2.24, 2.45) is 5.92 Å². The van der Waals surface area contributed by atoms with Crippen LogP contribution in [0, 0.1) is 23.4 Å². The summed E-state index contributed by atoms with van der Waals surface area (Å²) in [5, 5.41) is 3.10. The molecule has 0 aliphatic carbocycles. The number of nitrogens with one attached hydrogen (secondary N) is 1. The Kier molecular flexibility index (Phi) is 2.95. The van der Waals surface area contributed by atoms with Gasteiger partial charge in [-0.1, -0.05) is 0 Å². The minimum atomic E-state index is -1.12. The summed E-state index contributed by atoms with van der Waals surface area (Å²) in [6, 6.07) is 1.57. The van der Waals surface area contributed by atoms with Crippen LogP contribution in [-0.2, 0) is 6.42 Å². The molecule has 1 aliphatic heterocycles. The van der Waals surface area contributed by atoms with E-state index in [1.807, 2.05) is 0 Å². The van der Waals surface area contributed by atoms with Gasteiger partial charge in [-0.2, -0.15) is 0 Å². The SMILES string of the molecule is Fc1cc(F)c(CCC2CNC2)cc1F. The van der Waals surface area contributed by atoms with Crippen LogP contribution in [0.1, 0.15) is 12.0 Å². The lowest BCUT2D eigenvalue weighted by Crippen LogP contribution is -2.42. The second kappa shape index (κ2) is 4.23. The molecule has 1 aromatic carbocycles. The smallest absolute Gasteiger partial charge is 0.161 e. The van der Waals surface area contributed by atoms with Gasteiger partial charge >= 0.3 is 0 Å². The summed E-state index contributed by atoms with van der Waals surface area (Å²) in [5.74, 6) is -2.21. The molecule has 1 aliphatic rings. The number of hydrogen-bond acceptors (Lipinski definition) is 1. The van der Waals surface area contributed by atoms with Gasteiger partial charge in [-0.05, 0) is 43.5 Å². The fraction of sp³-hybridized carbons (Fsp3) is 0.455. The lowest BCUT2D eigenvalue weighted by Gasteiger charge is -2.26. The molecule has 0 atom stereocenters. The second-order valence-corrected chi connectivity index (χ2v) is 3.92. The van der Waals surface area contributed by atoms with E-state index >= 15 is 0 Å². The van der Waals surface area contributed by atoms with Crippen LogP contribution in [0.2, 0.25) is 0 Å². The van der Waals surface area contributed by atoms with Gasteiger partial charge in [0.2, 0.25) is 0 Å². The molecule has 82 valence electrons. The van der Waals surface area contributed by atoms with E-state index in [-0.39, 0.29) is 5.56 Å². The first-order valence-corrected chi connectivity index (χ1v) is 5.01. The summed E-state index contributed by atoms with van der Waals surface area (Å²) in [6.45, 7) is 1.87. The van der Waals surface area contributed by atoms with Gasteiger partial charge in [0.25, 0.3) is 0 Å². The molecule has 0 spiro atoms. The highest BCUT2D eigenvalue weighted by Gasteiger charge is 2.17. The summed E-state index contributed by atoms with van der Waals surface area (Å²) < 4.78 is 38.6. The maximum Gasteiger partial charge on any atom is 0.161 e. The van der Waals surface area contributed by atoms with Gasteiger partial charge < -0.3 is 5.32 Å². The van der Waals surface area contributed by atoms with Crippen molar-refractivity contribution in [3.63, 3.8) is 0 Å². The number of hydrogen-bond donors (Lipinski definition) is 1. The molecule has 2 rings (SSSR count). The molecule has 0 unspecified atom stereocenters. The molecule has 0 radical (unpaired) electrons. The van der Waals surface area contributed by atoms with E-state index in [9.17, 15) is 13.2 Å². The fourth-order valence-corrected chi connectivity index (χ4v) is 1.67. The first-order valence-electron chi connectivity index (χ1n) is 5.01.